The number of aromatic nitrogens is 1. The number of hydrogen-bond acceptors (Lipinski definition) is 4. The van der Waals surface area contributed by atoms with Crippen LogP contribution in [-0.2, 0) is 0 Å². The molecular weight excluding hydrogens is 320 g/mol. The van der Waals surface area contributed by atoms with Crippen LogP contribution in [0.4, 0.5) is 5.69 Å². The average molecular weight is 331 g/mol. The van der Waals surface area contributed by atoms with Crippen molar-refractivity contribution in [1.82, 2.24) is 4.98 Å². The molecular formula is C16H11ClN2O2S. The van der Waals surface area contributed by atoms with Crippen LogP contribution in [0.5, 0.6) is 0 Å². The molecule has 1 N–H and O–H groups in total. The minimum Gasteiger partial charge on any atom is -0.321 e. The number of fused-ring (bicyclic) bond motifs is 1. The van der Waals surface area contributed by atoms with E-state index in [2.05, 4.69) is 10.3 Å². The van der Waals surface area contributed by atoms with E-state index in [1.807, 2.05) is 0 Å². The zero-order valence-corrected chi connectivity index (χ0v) is 13.2. The summed E-state index contributed by atoms with van der Waals surface area (Å²) in [5.74, 6) is -0.275. The summed E-state index contributed by atoms with van der Waals surface area (Å²) in [6, 6.07) is 10.0. The van der Waals surface area contributed by atoms with E-state index < -0.39 is 0 Å². The van der Waals surface area contributed by atoms with E-state index in [4.69, 9.17) is 11.6 Å². The summed E-state index contributed by atoms with van der Waals surface area (Å²) in [6.45, 7) is 1.49. The van der Waals surface area contributed by atoms with Gasteiger partial charge in [0.05, 0.1) is 20.9 Å². The van der Waals surface area contributed by atoms with Gasteiger partial charge in [0.1, 0.15) is 5.52 Å². The van der Waals surface area contributed by atoms with Crippen molar-refractivity contribution in [3.63, 3.8) is 0 Å². The normalized spacial score (nSPS) is 10.6. The first-order valence-corrected chi connectivity index (χ1v) is 7.76. The zero-order valence-electron chi connectivity index (χ0n) is 11.6. The molecule has 0 saturated heterocycles. The van der Waals surface area contributed by atoms with Gasteiger partial charge < -0.3 is 5.32 Å². The molecule has 0 atom stereocenters. The number of anilines is 1. The monoisotopic (exact) mass is 330 g/mol. The van der Waals surface area contributed by atoms with Crippen LogP contribution in [0.1, 0.15) is 27.6 Å². The fourth-order valence-electron chi connectivity index (χ4n) is 2.07. The highest BCUT2D eigenvalue weighted by atomic mass is 35.5. The van der Waals surface area contributed by atoms with Crippen molar-refractivity contribution in [3.05, 3.63) is 58.1 Å². The summed E-state index contributed by atoms with van der Waals surface area (Å²) >= 11 is 7.49. The van der Waals surface area contributed by atoms with E-state index in [1.54, 1.807) is 41.9 Å². The predicted molar refractivity (Wildman–Crippen MR) is 89.0 cm³/mol. The molecule has 4 nitrogen and oxygen atoms in total. The largest absolute Gasteiger partial charge is 0.321 e. The lowest BCUT2D eigenvalue weighted by Gasteiger charge is -2.07. The molecule has 1 amide bonds. The number of thiazole rings is 1. The lowest BCUT2D eigenvalue weighted by atomic mass is 10.1. The Morgan fingerprint density at radius 2 is 1.77 bits per heavy atom. The van der Waals surface area contributed by atoms with Crippen molar-refractivity contribution < 1.29 is 9.59 Å². The van der Waals surface area contributed by atoms with Gasteiger partial charge in [-0.25, -0.2) is 4.98 Å². The third-order valence-corrected chi connectivity index (χ3v) is 4.40. The quantitative estimate of drug-likeness (QED) is 0.724. The van der Waals surface area contributed by atoms with Crippen LogP contribution >= 0.6 is 22.9 Å². The second-order valence-corrected chi connectivity index (χ2v) is 5.97. The Hall–Kier alpha value is -2.24. The van der Waals surface area contributed by atoms with Gasteiger partial charge in [-0.1, -0.05) is 23.7 Å². The minimum atomic E-state index is -0.243. The number of halogens is 1. The number of nitrogens with one attached hydrogen (secondary N) is 1. The van der Waals surface area contributed by atoms with Crippen LogP contribution < -0.4 is 5.32 Å². The van der Waals surface area contributed by atoms with E-state index in [0.717, 1.165) is 4.70 Å². The van der Waals surface area contributed by atoms with Gasteiger partial charge in [-0.05, 0) is 31.2 Å². The summed E-state index contributed by atoms with van der Waals surface area (Å²) in [5, 5.41) is 3.41. The van der Waals surface area contributed by atoms with Crippen LogP contribution in [0.2, 0.25) is 5.02 Å². The Morgan fingerprint density at radius 1 is 1.09 bits per heavy atom. The number of carbonyl (C=O) groups excluding carboxylic acids is 2. The molecule has 110 valence electrons. The Kier molecular flexibility index (Phi) is 3.92. The van der Waals surface area contributed by atoms with E-state index in [1.165, 1.54) is 18.3 Å². The summed E-state index contributed by atoms with van der Waals surface area (Å²) in [7, 11) is 0. The SMILES string of the molecule is CC(=O)c1ccc(C(=O)Nc2ccc(Cl)c3ncsc23)cc1. The first kappa shape index (κ1) is 14.7. The van der Waals surface area contributed by atoms with Crippen molar-refractivity contribution in [3.8, 4) is 0 Å². The van der Waals surface area contributed by atoms with Gasteiger partial charge in [0.25, 0.3) is 5.91 Å². The number of benzene rings is 2. The molecule has 0 spiro atoms. The number of ketones is 1. The number of nitrogens with zero attached hydrogens (tertiary/aromatic N) is 1. The molecule has 0 bridgehead atoms. The smallest absolute Gasteiger partial charge is 0.255 e. The third-order valence-electron chi connectivity index (χ3n) is 3.24. The van der Waals surface area contributed by atoms with Crippen molar-refractivity contribution in [2.24, 2.45) is 0 Å². The van der Waals surface area contributed by atoms with Gasteiger partial charge in [-0.2, -0.15) is 0 Å². The molecule has 0 aliphatic heterocycles. The topological polar surface area (TPSA) is 59.1 Å². The molecule has 0 unspecified atom stereocenters. The molecule has 0 fully saturated rings. The fourth-order valence-corrected chi connectivity index (χ4v) is 3.11. The van der Waals surface area contributed by atoms with Crippen LogP contribution in [0.25, 0.3) is 10.2 Å². The molecule has 6 heteroatoms. The van der Waals surface area contributed by atoms with Crippen LogP contribution in [-0.4, -0.2) is 16.7 Å². The van der Waals surface area contributed by atoms with Gasteiger partial charge >= 0.3 is 0 Å². The molecule has 1 aromatic heterocycles. The van der Waals surface area contributed by atoms with Gasteiger partial charge in [-0.3, -0.25) is 9.59 Å². The maximum atomic E-state index is 12.3. The van der Waals surface area contributed by atoms with Gasteiger partial charge in [0.2, 0.25) is 0 Å². The Labute approximate surface area is 135 Å². The maximum Gasteiger partial charge on any atom is 0.255 e. The second kappa shape index (κ2) is 5.87. The third kappa shape index (κ3) is 2.73. The minimum absolute atomic E-state index is 0.0315. The highest BCUT2D eigenvalue weighted by Gasteiger charge is 2.12. The molecule has 0 radical (unpaired) electrons. The highest BCUT2D eigenvalue weighted by Crippen LogP contribution is 2.32. The average Bonchev–Trinajstić information content (AvgIpc) is 3.01. The molecule has 0 aliphatic carbocycles. The van der Waals surface area contributed by atoms with Crippen molar-refractivity contribution in [2.75, 3.05) is 5.32 Å². The standard InChI is InChI=1S/C16H11ClN2O2S/c1-9(20)10-2-4-11(5-3-10)16(21)19-13-7-6-12(17)14-15(13)22-8-18-14/h2-8H,1H3,(H,19,21). The number of carbonyl (C=O) groups is 2. The zero-order chi connectivity index (χ0) is 15.7. The Bertz CT molecular complexity index is 871. The van der Waals surface area contributed by atoms with Gasteiger partial charge in [0, 0.05) is 11.1 Å². The predicted octanol–water partition coefficient (Wildman–Crippen LogP) is 4.40. The van der Waals surface area contributed by atoms with Gasteiger partial charge in [0.15, 0.2) is 5.78 Å². The first-order valence-electron chi connectivity index (χ1n) is 6.50. The lowest BCUT2D eigenvalue weighted by molar-refractivity contribution is 0.101. The molecule has 0 aliphatic rings. The van der Waals surface area contributed by atoms with Crippen molar-refractivity contribution in [2.45, 2.75) is 6.92 Å². The van der Waals surface area contributed by atoms with Crippen molar-refractivity contribution in [1.29, 1.82) is 0 Å². The van der Waals surface area contributed by atoms with Gasteiger partial charge in [-0.15, -0.1) is 11.3 Å². The molecule has 0 saturated carbocycles. The lowest BCUT2D eigenvalue weighted by Crippen LogP contribution is -2.12. The number of rotatable bonds is 3. The van der Waals surface area contributed by atoms with Crippen molar-refractivity contribution >= 4 is 50.5 Å². The highest BCUT2D eigenvalue weighted by molar-refractivity contribution is 7.17. The molecule has 22 heavy (non-hydrogen) atoms. The summed E-state index contributed by atoms with van der Waals surface area (Å²) in [6.07, 6.45) is 0. The maximum absolute atomic E-state index is 12.3. The van der Waals surface area contributed by atoms with Crippen LogP contribution in [0.3, 0.4) is 0 Å². The van der Waals surface area contributed by atoms with E-state index in [-0.39, 0.29) is 11.7 Å². The van der Waals surface area contributed by atoms with Crippen LogP contribution in [0, 0.1) is 0 Å². The second-order valence-electron chi connectivity index (χ2n) is 4.71. The molecule has 1 heterocycles. The fraction of sp³-hybridized carbons (Fsp3) is 0.0625. The number of Topliss-reactive ketones (excluding diaryl/α,β-unsaturated/α-hetero) is 1. The van der Waals surface area contributed by atoms with E-state index >= 15 is 0 Å². The molecule has 3 rings (SSSR count). The number of amides is 1. The number of hydrogen-bond donors (Lipinski definition) is 1. The van der Waals surface area contributed by atoms with Crippen LogP contribution in [0.15, 0.2) is 41.9 Å². The summed E-state index contributed by atoms with van der Waals surface area (Å²) in [5.41, 5.74) is 4.10. The molecule has 3 aromatic rings. The Morgan fingerprint density at radius 3 is 2.45 bits per heavy atom. The van der Waals surface area contributed by atoms with E-state index in [9.17, 15) is 9.59 Å². The Balaban J connectivity index is 1.88. The molecule has 2 aromatic carbocycles. The summed E-state index contributed by atoms with van der Waals surface area (Å²) < 4.78 is 0.834. The first-order chi connectivity index (χ1) is 10.6. The van der Waals surface area contributed by atoms with E-state index in [0.29, 0.717) is 27.4 Å². The summed E-state index contributed by atoms with van der Waals surface area (Å²) in [4.78, 5) is 27.7.